The highest BCUT2D eigenvalue weighted by Crippen LogP contribution is 2.27. The molecule has 0 saturated heterocycles. The Labute approximate surface area is 177 Å². The van der Waals surface area contributed by atoms with Crippen molar-refractivity contribution in [3.63, 3.8) is 0 Å². The Hall–Kier alpha value is -3.40. The molecule has 0 fully saturated rings. The number of carbonyl (C=O) groups excluding carboxylic acids is 2. The quantitative estimate of drug-likeness (QED) is 0.487. The van der Waals surface area contributed by atoms with Crippen molar-refractivity contribution < 1.29 is 14.3 Å². The molecule has 0 aliphatic rings. The number of rotatable bonds is 10. The summed E-state index contributed by atoms with van der Waals surface area (Å²) in [6.07, 6.45) is 1.27. The molecular weight excluding hydrogens is 374 g/mol. The van der Waals surface area contributed by atoms with E-state index in [1.165, 1.54) is 11.1 Å². The first-order valence-electron chi connectivity index (χ1n) is 10.3. The Bertz CT molecular complexity index is 898. The van der Waals surface area contributed by atoms with Gasteiger partial charge in [-0.2, -0.15) is 0 Å². The maximum absolute atomic E-state index is 12.2. The van der Waals surface area contributed by atoms with Crippen molar-refractivity contribution in [2.24, 2.45) is 0 Å². The summed E-state index contributed by atoms with van der Waals surface area (Å²) in [5, 5.41) is 2.94. The number of hydrogen-bond acceptors (Lipinski definition) is 3. The van der Waals surface area contributed by atoms with E-state index in [2.05, 4.69) is 29.6 Å². The van der Waals surface area contributed by atoms with Gasteiger partial charge in [0.05, 0.1) is 0 Å². The molecule has 4 nitrogen and oxygen atoms in total. The Morgan fingerprint density at radius 1 is 0.833 bits per heavy atom. The van der Waals surface area contributed by atoms with E-state index in [0.29, 0.717) is 24.3 Å². The van der Waals surface area contributed by atoms with Crippen molar-refractivity contribution in [2.45, 2.75) is 25.7 Å². The molecule has 0 atom stereocenters. The van der Waals surface area contributed by atoms with Crippen LogP contribution in [0.4, 0.5) is 0 Å². The van der Waals surface area contributed by atoms with Gasteiger partial charge >= 0.3 is 0 Å². The van der Waals surface area contributed by atoms with E-state index in [4.69, 9.17) is 4.74 Å². The Kier molecular flexibility index (Phi) is 7.78. The molecule has 0 spiro atoms. The van der Waals surface area contributed by atoms with Gasteiger partial charge in [0.25, 0.3) is 5.91 Å². The SMILES string of the molecule is CCC(=O)c1ccc(OCC(=O)NCCC(c2ccccc2)c2ccccc2)cc1. The van der Waals surface area contributed by atoms with Crippen LogP contribution < -0.4 is 10.1 Å². The molecule has 0 bridgehead atoms. The third-order valence-electron chi connectivity index (χ3n) is 5.03. The molecule has 0 unspecified atom stereocenters. The minimum atomic E-state index is -0.163. The fourth-order valence-electron chi connectivity index (χ4n) is 3.39. The lowest BCUT2D eigenvalue weighted by Crippen LogP contribution is -2.30. The zero-order chi connectivity index (χ0) is 21.2. The van der Waals surface area contributed by atoms with E-state index in [-0.39, 0.29) is 24.2 Å². The summed E-state index contributed by atoms with van der Waals surface area (Å²) in [4.78, 5) is 23.9. The molecule has 0 radical (unpaired) electrons. The van der Waals surface area contributed by atoms with Crippen molar-refractivity contribution in [3.05, 3.63) is 102 Å². The minimum absolute atomic E-state index is 0.0532. The van der Waals surface area contributed by atoms with Crippen LogP contribution in [0.3, 0.4) is 0 Å². The van der Waals surface area contributed by atoms with E-state index >= 15 is 0 Å². The molecular formula is C26H27NO3. The zero-order valence-electron chi connectivity index (χ0n) is 17.2. The van der Waals surface area contributed by atoms with E-state index in [1.807, 2.05) is 43.3 Å². The average Bonchev–Trinajstić information content (AvgIpc) is 2.81. The van der Waals surface area contributed by atoms with Crippen molar-refractivity contribution in [2.75, 3.05) is 13.2 Å². The first kappa shape index (κ1) is 21.3. The molecule has 154 valence electrons. The lowest BCUT2D eigenvalue weighted by molar-refractivity contribution is -0.123. The first-order chi connectivity index (χ1) is 14.7. The van der Waals surface area contributed by atoms with Crippen molar-refractivity contribution in [3.8, 4) is 5.75 Å². The Balaban J connectivity index is 1.50. The van der Waals surface area contributed by atoms with Crippen LogP contribution in [0.25, 0.3) is 0 Å². The summed E-state index contributed by atoms with van der Waals surface area (Å²) < 4.78 is 5.54. The molecule has 1 N–H and O–H groups in total. The zero-order valence-corrected chi connectivity index (χ0v) is 17.2. The summed E-state index contributed by atoms with van der Waals surface area (Å²) in [7, 11) is 0. The summed E-state index contributed by atoms with van der Waals surface area (Å²) in [5.41, 5.74) is 3.12. The predicted molar refractivity (Wildman–Crippen MR) is 119 cm³/mol. The first-order valence-corrected chi connectivity index (χ1v) is 10.3. The van der Waals surface area contributed by atoms with Gasteiger partial charge in [0, 0.05) is 24.4 Å². The van der Waals surface area contributed by atoms with Gasteiger partial charge < -0.3 is 10.1 Å². The number of hydrogen-bond donors (Lipinski definition) is 1. The van der Waals surface area contributed by atoms with E-state index in [9.17, 15) is 9.59 Å². The average molecular weight is 402 g/mol. The number of ether oxygens (including phenoxy) is 1. The molecule has 0 aliphatic carbocycles. The minimum Gasteiger partial charge on any atom is -0.484 e. The number of carbonyl (C=O) groups is 2. The molecule has 3 rings (SSSR count). The van der Waals surface area contributed by atoms with Gasteiger partial charge in [0.15, 0.2) is 12.4 Å². The van der Waals surface area contributed by atoms with Crippen LogP contribution in [0, 0.1) is 0 Å². The summed E-state index contributed by atoms with van der Waals surface area (Å²) in [5.74, 6) is 0.718. The maximum atomic E-state index is 12.2. The van der Waals surface area contributed by atoms with Gasteiger partial charge in [-0.25, -0.2) is 0 Å². The summed E-state index contributed by atoms with van der Waals surface area (Å²) >= 11 is 0. The molecule has 4 heteroatoms. The molecule has 0 aliphatic heterocycles. The highest BCUT2D eigenvalue weighted by atomic mass is 16.5. The monoisotopic (exact) mass is 401 g/mol. The fourth-order valence-corrected chi connectivity index (χ4v) is 3.39. The third-order valence-corrected chi connectivity index (χ3v) is 5.03. The van der Waals surface area contributed by atoms with Gasteiger partial charge in [-0.1, -0.05) is 67.6 Å². The summed E-state index contributed by atoms with van der Waals surface area (Å²) in [6, 6.07) is 27.5. The van der Waals surface area contributed by atoms with E-state index in [1.54, 1.807) is 24.3 Å². The smallest absolute Gasteiger partial charge is 0.257 e. The van der Waals surface area contributed by atoms with Crippen LogP contribution in [0.15, 0.2) is 84.9 Å². The van der Waals surface area contributed by atoms with Gasteiger partial charge in [-0.05, 0) is 41.8 Å². The standard InChI is InChI=1S/C26H27NO3/c1-2-25(28)22-13-15-23(16-14-22)30-19-26(29)27-18-17-24(20-9-5-3-6-10-20)21-11-7-4-8-12-21/h3-16,24H,2,17-19H2,1H3,(H,27,29). The third kappa shape index (κ3) is 6.05. The van der Waals surface area contributed by atoms with Gasteiger partial charge in [0.2, 0.25) is 0 Å². The number of nitrogens with one attached hydrogen (secondary N) is 1. The number of Topliss-reactive ketones (excluding diaryl/α,β-unsaturated/α-hetero) is 1. The fraction of sp³-hybridized carbons (Fsp3) is 0.231. The molecule has 0 saturated carbocycles. The van der Waals surface area contributed by atoms with E-state index < -0.39 is 0 Å². The van der Waals surface area contributed by atoms with Gasteiger partial charge in [0.1, 0.15) is 5.75 Å². The van der Waals surface area contributed by atoms with Crippen molar-refractivity contribution >= 4 is 11.7 Å². The molecule has 0 aromatic heterocycles. The second-order valence-corrected chi connectivity index (χ2v) is 7.10. The predicted octanol–water partition coefficient (Wildman–Crippen LogP) is 5.00. The normalized spacial score (nSPS) is 10.6. The Morgan fingerprint density at radius 2 is 1.40 bits per heavy atom. The highest BCUT2D eigenvalue weighted by Gasteiger charge is 2.14. The second-order valence-electron chi connectivity index (χ2n) is 7.10. The van der Waals surface area contributed by atoms with Crippen molar-refractivity contribution in [1.29, 1.82) is 0 Å². The maximum Gasteiger partial charge on any atom is 0.257 e. The van der Waals surface area contributed by atoms with Crippen LogP contribution in [0.1, 0.15) is 47.2 Å². The highest BCUT2D eigenvalue weighted by molar-refractivity contribution is 5.95. The lowest BCUT2D eigenvalue weighted by atomic mass is 9.88. The number of ketones is 1. The largest absolute Gasteiger partial charge is 0.484 e. The molecule has 1 amide bonds. The van der Waals surface area contributed by atoms with Crippen molar-refractivity contribution in [1.82, 2.24) is 5.32 Å². The lowest BCUT2D eigenvalue weighted by Gasteiger charge is -2.18. The number of amides is 1. The molecule has 30 heavy (non-hydrogen) atoms. The topological polar surface area (TPSA) is 55.4 Å². The summed E-state index contributed by atoms with van der Waals surface area (Å²) in [6.45, 7) is 2.33. The Morgan fingerprint density at radius 3 is 1.93 bits per heavy atom. The van der Waals surface area contributed by atoms with Gasteiger partial charge in [-0.15, -0.1) is 0 Å². The number of benzene rings is 3. The van der Waals surface area contributed by atoms with Crippen LogP contribution in [-0.2, 0) is 4.79 Å². The molecule has 3 aromatic carbocycles. The second kappa shape index (κ2) is 11.0. The van der Waals surface area contributed by atoms with Crippen LogP contribution in [-0.4, -0.2) is 24.8 Å². The van der Waals surface area contributed by atoms with Gasteiger partial charge in [-0.3, -0.25) is 9.59 Å². The molecule has 3 aromatic rings. The van der Waals surface area contributed by atoms with Crippen LogP contribution in [0.2, 0.25) is 0 Å². The molecule has 0 heterocycles. The van der Waals surface area contributed by atoms with E-state index in [0.717, 1.165) is 6.42 Å². The van der Waals surface area contributed by atoms with Crippen LogP contribution in [0.5, 0.6) is 5.75 Å². The van der Waals surface area contributed by atoms with Crippen LogP contribution >= 0.6 is 0 Å².